The molecule has 1 N–H and O–H groups in total. The van der Waals surface area contributed by atoms with Gasteiger partial charge in [-0.2, -0.15) is 0 Å². The molecule has 2 aliphatic rings. The van der Waals surface area contributed by atoms with Crippen LogP contribution < -0.4 is 5.32 Å². The van der Waals surface area contributed by atoms with E-state index in [1.807, 2.05) is 0 Å². The van der Waals surface area contributed by atoms with Crippen molar-refractivity contribution in [1.29, 1.82) is 0 Å². The summed E-state index contributed by atoms with van der Waals surface area (Å²) in [6.07, 6.45) is 1.34. The van der Waals surface area contributed by atoms with Crippen LogP contribution in [-0.4, -0.2) is 48.8 Å². The number of carbonyl (C=O) groups excluding carboxylic acids is 2. The molecule has 136 valence electrons. The molecule has 2 aliphatic heterocycles. The van der Waals surface area contributed by atoms with Crippen molar-refractivity contribution in [2.24, 2.45) is 5.41 Å². The van der Waals surface area contributed by atoms with E-state index in [4.69, 9.17) is 9.47 Å². The summed E-state index contributed by atoms with van der Waals surface area (Å²) in [6.45, 7) is 8.27. The van der Waals surface area contributed by atoms with Crippen LogP contribution in [0, 0.1) is 5.41 Å². The zero-order valence-corrected chi connectivity index (χ0v) is 15.1. The smallest absolute Gasteiger partial charge is 0.321 e. The molecule has 6 nitrogen and oxygen atoms in total. The number of nitrogens with one attached hydrogen (secondary N) is 1. The number of benzene rings is 1. The summed E-state index contributed by atoms with van der Waals surface area (Å²) in [6, 6.07) is 6.82. The molecule has 0 bridgehead atoms. The van der Waals surface area contributed by atoms with Crippen molar-refractivity contribution in [3.8, 4) is 0 Å². The number of piperidine rings is 1. The highest BCUT2D eigenvalue weighted by Crippen LogP contribution is 2.36. The summed E-state index contributed by atoms with van der Waals surface area (Å²) in [5, 5.41) is 2.86. The van der Waals surface area contributed by atoms with Crippen LogP contribution in [0.4, 0.5) is 10.5 Å². The second-order valence-corrected chi connectivity index (χ2v) is 7.71. The predicted octanol–water partition coefficient (Wildman–Crippen LogP) is 3.29. The molecule has 25 heavy (non-hydrogen) atoms. The molecule has 2 saturated heterocycles. The van der Waals surface area contributed by atoms with Gasteiger partial charge in [0.1, 0.15) is 0 Å². The van der Waals surface area contributed by atoms with Gasteiger partial charge < -0.3 is 19.7 Å². The van der Waals surface area contributed by atoms with Gasteiger partial charge >= 0.3 is 6.03 Å². The van der Waals surface area contributed by atoms with Crippen molar-refractivity contribution in [2.75, 3.05) is 31.6 Å². The van der Waals surface area contributed by atoms with E-state index in [1.165, 1.54) is 6.92 Å². The highest BCUT2D eigenvalue weighted by molar-refractivity contribution is 5.96. The number of Topliss-reactive ketones (excluding diaryl/α,β-unsaturated/α-hetero) is 1. The number of anilines is 1. The third-order valence-electron chi connectivity index (χ3n) is 4.78. The molecule has 0 saturated carbocycles. The molecule has 0 aliphatic carbocycles. The lowest BCUT2D eigenvalue weighted by Gasteiger charge is -2.47. The van der Waals surface area contributed by atoms with Gasteiger partial charge in [0.2, 0.25) is 0 Å². The Hall–Kier alpha value is -1.92. The van der Waals surface area contributed by atoms with Crippen molar-refractivity contribution in [3.05, 3.63) is 29.8 Å². The van der Waals surface area contributed by atoms with E-state index in [-0.39, 0.29) is 17.2 Å². The number of amides is 2. The van der Waals surface area contributed by atoms with Gasteiger partial charge in [-0.05, 0) is 19.1 Å². The van der Waals surface area contributed by atoms with Crippen molar-refractivity contribution in [1.82, 2.24) is 4.90 Å². The lowest BCUT2D eigenvalue weighted by molar-refractivity contribution is -0.311. The lowest BCUT2D eigenvalue weighted by atomic mass is 9.93. The third-order valence-corrected chi connectivity index (χ3v) is 4.78. The van der Waals surface area contributed by atoms with E-state index < -0.39 is 5.79 Å². The minimum absolute atomic E-state index is 0.0227. The largest absolute Gasteiger partial charge is 0.349 e. The molecule has 0 radical (unpaired) electrons. The van der Waals surface area contributed by atoms with E-state index in [9.17, 15) is 9.59 Å². The van der Waals surface area contributed by atoms with Gasteiger partial charge in [-0.25, -0.2) is 4.79 Å². The van der Waals surface area contributed by atoms with E-state index in [0.717, 1.165) is 0 Å². The average Bonchev–Trinajstić information content (AvgIpc) is 2.59. The topological polar surface area (TPSA) is 67.9 Å². The molecule has 1 spiro atoms. The first-order chi connectivity index (χ1) is 11.8. The number of ketones is 1. The molecule has 0 aromatic heterocycles. The van der Waals surface area contributed by atoms with Crippen molar-refractivity contribution in [3.63, 3.8) is 0 Å². The van der Waals surface area contributed by atoms with Crippen LogP contribution in [0.1, 0.15) is 44.0 Å². The number of urea groups is 1. The highest BCUT2D eigenvalue weighted by atomic mass is 16.7. The Morgan fingerprint density at radius 2 is 1.76 bits per heavy atom. The number of nitrogens with zero attached hydrogens (tertiary/aromatic N) is 1. The van der Waals surface area contributed by atoms with Gasteiger partial charge in [-0.1, -0.05) is 26.0 Å². The Bertz CT molecular complexity index is 651. The molecular weight excluding hydrogens is 320 g/mol. The molecule has 2 fully saturated rings. The van der Waals surface area contributed by atoms with E-state index in [0.29, 0.717) is 50.4 Å². The van der Waals surface area contributed by atoms with Crippen molar-refractivity contribution < 1.29 is 19.1 Å². The van der Waals surface area contributed by atoms with Gasteiger partial charge in [0, 0.05) is 42.6 Å². The average molecular weight is 346 g/mol. The van der Waals surface area contributed by atoms with Gasteiger partial charge in [0.25, 0.3) is 0 Å². The number of carbonyl (C=O) groups is 2. The van der Waals surface area contributed by atoms with Crippen LogP contribution in [0.5, 0.6) is 0 Å². The van der Waals surface area contributed by atoms with Crippen LogP contribution in [-0.2, 0) is 9.47 Å². The fraction of sp³-hybridized carbons (Fsp3) is 0.579. The Morgan fingerprint density at radius 1 is 1.12 bits per heavy atom. The monoisotopic (exact) mass is 346 g/mol. The predicted molar refractivity (Wildman–Crippen MR) is 94.7 cm³/mol. The summed E-state index contributed by atoms with van der Waals surface area (Å²) >= 11 is 0. The fourth-order valence-corrected chi connectivity index (χ4v) is 3.09. The summed E-state index contributed by atoms with van der Waals surface area (Å²) < 4.78 is 12.0. The first-order valence-corrected chi connectivity index (χ1v) is 8.74. The van der Waals surface area contributed by atoms with Crippen LogP contribution in [0.3, 0.4) is 0 Å². The SMILES string of the molecule is CC(=O)c1cccc(NC(=O)N2CCC3(CC2)OCC(C)(C)CO3)c1. The number of ether oxygens (including phenoxy) is 2. The zero-order chi connectivity index (χ0) is 18.1. The molecular formula is C19H26N2O4. The second kappa shape index (κ2) is 6.77. The third kappa shape index (κ3) is 4.19. The minimum Gasteiger partial charge on any atom is -0.349 e. The maximum atomic E-state index is 12.5. The first-order valence-electron chi connectivity index (χ1n) is 8.74. The standard InChI is InChI=1S/C19H26N2O4/c1-14(22)15-5-4-6-16(11-15)20-17(23)21-9-7-19(8-10-21)24-12-18(2,3)13-25-19/h4-6,11H,7-10,12-13H2,1-3H3,(H,20,23). The Labute approximate surface area is 148 Å². The van der Waals surface area contributed by atoms with Crippen LogP contribution in [0.25, 0.3) is 0 Å². The molecule has 0 unspecified atom stereocenters. The molecule has 1 aromatic rings. The lowest BCUT2D eigenvalue weighted by Crippen LogP contribution is -2.55. The Kier molecular flexibility index (Phi) is 4.84. The van der Waals surface area contributed by atoms with E-state index >= 15 is 0 Å². The summed E-state index contributed by atoms with van der Waals surface area (Å²) in [5.41, 5.74) is 1.26. The Balaban J connectivity index is 1.55. The van der Waals surface area contributed by atoms with Gasteiger partial charge in [0.05, 0.1) is 13.2 Å². The van der Waals surface area contributed by atoms with E-state index in [1.54, 1.807) is 29.2 Å². The van der Waals surface area contributed by atoms with Gasteiger partial charge in [0.15, 0.2) is 11.6 Å². The van der Waals surface area contributed by atoms with Crippen LogP contribution >= 0.6 is 0 Å². The van der Waals surface area contributed by atoms with Crippen LogP contribution in [0.2, 0.25) is 0 Å². The molecule has 0 atom stereocenters. The summed E-state index contributed by atoms with van der Waals surface area (Å²) in [7, 11) is 0. The molecule has 2 heterocycles. The minimum atomic E-state index is -0.541. The fourth-order valence-electron chi connectivity index (χ4n) is 3.09. The summed E-state index contributed by atoms with van der Waals surface area (Å²) in [5.74, 6) is -0.563. The number of hydrogen-bond donors (Lipinski definition) is 1. The van der Waals surface area contributed by atoms with Crippen LogP contribution in [0.15, 0.2) is 24.3 Å². The Morgan fingerprint density at radius 3 is 2.36 bits per heavy atom. The summed E-state index contributed by atoms with van der Waals surface area (Å²) in [4.78, 5) is 25.7. The van der Waals surface area contributed by atoms with Gasteiger partial charge in [-0.15, -0.1) is 0 Å². The second-order valence-electron chi connectivity index (χ2n) is 7.71. The quantitative estimate of drug-likeness (QED) is 0.835. The normalized spacial score (nSPS) is 21.8. The maximum Gasteiger partial charge on any atom is 0.321 e. The van der Waals surface area contributed by atoms with Crippen molar-refractivity contribution in [2.45, 2.75) is 39.4 Å². The molecule has 2 amide bonds. The molecule has 6 heteroatoms. The zero-order valence-electron chi connectivity index (χ0n) is 15.1. The molecule has 1 aromatic carbocycles. The maximum absolute atomic E-state index is 12.5. The van der Waals surface area contributed by atoms with Gasteiger partial charge in [-0.3, -0.25) is 4.79 Å². The molecule has 3 rings (SSSR count). The van der Waals surface area contributed by atoms with E-state index in [2.05, 4.69) is 19.2 Å². The van der Waals surface area contributed by atoms with Crippen molar-refractivity contribution >= 4 is 17.5 Å². The number of hydrogen-bond acceptors (Lipinski definition) is 4. The number of likely N-dealkylation sites (tertiary alicyclic amines) is 1. The number of rotatable bonds is 2. The first kappa shape index (κ1) is 17.9. The highest BCUT2D eigenvalue weighted by Gasteiger charge is 2.43.